The van der Waals surface area contributed by atoms with Crippen LogP contribution in [0.25, 0.3) is 10.6 Å². The maximum absolute atomic E-state index is 6.10. The summed E-state index contributed by atoms with van der Waals surface area (Å²) >= 11 is 3.13. The minimum Gasteiger partial charge on any atom is -0.493 e. The first-order valence-electron chi connectivity index (χ1n) is 11.1. The fourth-order valence-corrected chi connectivity index (χ4v) is 5.72. The minimum absolute atomic E-state index is 0.0358. The first kappa shape index (κ1) is 24.5. The molecule has 9 nitrogen and oxygen atoms in total. The number of nitrogens with zero attached hydrogens (tertiary/aromatic N) is 4. The van der Waals surface area contributed by atoms with E-state index in [1.807, 2.05) is 18.2 Å². The van der Waals surface area contributed by atoms with Crippen molar-refractivity contribution in [3.8, 4) is 22.1 Å². The maximum Gasteiger partial charge on any atom is 0.192 e. The molecule has 1 unspecified atom stereocenters. The Labute approximate surface area is 207 Å². The molecule has 2 aromatic heterocycles. The highest BCUT2D eigenvalue weighted by Crippen LogP contribution is 2.40. The van der Waals surface area contributed by atoms with Gasteiger partial charge in [-0.25, -0.2) is 15.0 Å². The molecule has 1 aliphatic heterocycles. The van der Waals surface area contributed by atoms with Crippen LogP contribution >= 0.6 is 23.1 Å². The molecule has 11 heteroatoms. The Morgan fingerprint density at radius 1 is 1.12 bits per heavy atom. The molecule has 34 heavy (non-hydrogen) atoms. The number of hydrogen-bond acceptors (Lipinski definition) is 11. The van der Waals surface area contributed by atoms with Gasteiger partial charge in [-0.3, -0.25) is 4.90 Å². The number of thioether (sulfide) groups is 1. The van der Waals surface area contributed by atoms with E-state index < -0.39 is 0 Å². The molecule has 0 saturated carbocycles. The summed E-state index contributed by atoms with van der Waals surface area (Å²) in [6.45, 7) is 9.01. The van der Waals surface area contributed by atoms with Crippen molar-refractivity contribution in [2.75, 3.05) is 58.0 Å². The van der Waals surface area contributed by atoms with Gasteiger partial charge in [0, 0.05) is 36.1 Å². The number of aryl methyl sites for hydroxylation is 1. The number of benzene rings is 1. The van der Waals surface area contributed by atoms with Crippen LogP contribution in [0.1, 0.15) is 22.7 Å². The van der Waals surface area contributed by atoms with Gasteiger partial charge < -0.3 is 25.7 Å². The molecular formula is C23H30N6O3S2. The monoisotopic (exact) mass is 502 g/mol. The third kappa shape index (κ3) is 6.09. The third-order valence-electron chi connectivity index (χ3n) is 5.42. The van der Waals surface area contributed by atoms with Gasteiger partial charge >= 0.3 is 0 Å². The number of anilines is 2. The van der Waals surface area contributed by atoms with Crippen LogP contribution in [0.4, 0.5) is 11.6 Å². The number of rotatable bonds is 9. The lowest BCUT2D eigenvalue weighted by molar-refractivity contribution is 0.0321. The topological polar surface area (TPSA) is 122 Å². The second-order valence-corrected chi connectivity index (χ2v) is 10.4. The summed E-state index contributed by atoms with van der Waals surface area (Å²) < 4.78 is 17.0. The molecule has 1 fully saturated rings. The van der Waals surface area contributed by atoms with E-state index >= 15 is 0 Å². The van der Waals surface area contributed by atoms with E-state index in [2.05, 4.69) is 28.7 Å². The lowest BCUT2D eigenvalue weighted by Gasteiger charge is -2.26. The van der Waals surface area contributed by atoms with Crippen LogP contribution in [-0.4, -0.2) is 66.4 Å². The Morgan fingerprint density at radius 2 is 1.85 bits per heavy atom. The predicted molar refractivity (Wildman–Crippen MR) is 137 cm³/mol. The number of nitrogens with two attached hydrogens (primary N) is 2. The van der Waals surface area contributed by atoms with Gasteiger partial charge in [-0.05, 0) is 32.0 Å². The number of thiazole rings is 1. The molecule has 0 aliphatic carbocycles. The molecular weight excluding hydrogens is 472 g/mol. The van der Waals surface area contributed by atoms with Gasteiger partial charge in [-0.15, -0.1) is 11.3 Å². The van der Waals surface area contributed by atoms with Crippen LogP contribution in [0.5, 0.6) is 11.5 Å². The summed E-state index contributed by atoms with van der Waals surface area (Å²) in [6.07, 6.45) is 0. The minimum atomic E-state index is 0.0358. The van der Waals surface area contributed by atoms with Crippen LogP contribution in [0, 0.1) is 6.92 Å². The molecule has 1 saturated heterocycles. The van der Waals surface area contributed by atoms with E-state index in [4.69, 9.17) is 30.7 Å². The Balaban J connectivity index is 1.48. The molecule has 3 aromatic rings. The van der Waals surface area contributed by atoms with Crippen molar-refractivity contribution < 1.29 is 14.2 Å². The van der Waals surface area contributed by atoms with Crippen LogP contribution in [-0.2, 0) is 4.74 Å². The predicted octanol–water partition coefficient (Wildman–Crippen LogP) is 3.65. The van der Waals surface area contributed by atoms with E-state index in [1.165, 1.54) is 11.8 Å². The van der Waals surface area contributed by atoms with Crippen LogP contribution in [0.3, 0.4) is 0 Å². The van der Waals surface area contributed by atoms with E-state index in [0.717, 1.165) is 54.0 Å². The summed E-state index contributed by atoms with van der Waals surface area (Å²) in [5.41, 5.74) is 13.6. The Hall–Kier alpha value is -2.60. The number of aromatic nitrogens is 3. The highest BCUT2D eigenvalue weighted by atomic mass is 32.2. The molecule has 0 radical (unpaired) electrons. The summed E-state index contributed by atoms with van der Waals surface area (Å²) in [4.78, 5) is 17.0. The van der Waals surface area contributed by atoms with Crippen molar-refractivity contribution in [2.24, 2.45) is 0 Å². The zero-order chi connectivity index (χ0) is 24.1. The van der Waals surface area contributed by atoms with E-state index in [0.29, 0.717) is 34.9 Å². The van der Waals surface area contributed by atoms with E-state index in [1.54, 1.807) is 24.5 Å². The summed E-state index contributed by atoms with van der Waals surface area (Å²) in [6, 6.07) is 7.48. The quantitative estimate of drug-likeness (QED) is 0.331. The largest absolute Gasteiger partial charge is 0.493 e. The molecule has 4 N–H and O–H groups in total. The average Bonchev–Trinajstić information content (AvgIpc) is 3.21. The fourth-order valence-electron chi connectivity index (χ4n) is 3.67. The molecule has 0 spiro atoms. The normalized spacial score (nSPS) is 15.3. The molecule has 0 bridgehead atoms. The summed E-state index contributed by atoms with van der Waals surface area (Å²) in [5, 5.41) is 1.50. The second kappa shape index (κ2) is 11.2. The molecule has 4 rings (SSSR count). The smallest absolute Gasteiger partial charge is 0.192 e. The highest BCUT2D eigenvalue weighted by molar-refractivity contribution is 7.99. The summed E-state index contributed by atoms with van der Waals surface area (Å²) in [5.74, 6) is 2.14. The van der Waals surface area contributed by atoms with Crippen LogP contribution in [0.2, 0.25) is 0 Å². The standard InChI is InChI=1S/C23H30N6O3S2/c1-14-21(15(2)34-23-26-19(24)13-20(25)27-23)28-22(33-14)16-4-5-17(30-3)18(12-16)32-11-8-29-6-9-31-10-7-29/h4-5,12-13,15H,6-11H2,1-3H3,(H4,24,25,26,27). The van der Waals surface area contributed by atoms with Gasteiger partial charge in [0.05, 0.1) is 31.3 Å². The Kier molecular flexibility index (Phi) is 8.09. The van der Waals surface area contributed by atoms with Gasteiger partial charge in [0.25, 0.3) is 0 Å². The number of ether oxygens (including phenoxy) is 3. The number of morpholine rings is 1. The molecule has 1 aromatic carbocycles. The maximum atomic E-state index is 6.10. The molecule has 1 aliphatic rings. The van der Waals surface area contributed by atoms with Crippen molar-refractivity contribution in [3.63, 3.8) is 0 Å². The van der Waals surface area contributed by atoms with Crippen LogP contribution in [0.15, 0.2) is 29.4 Å². The Morgan fingerprint density at radius 3 is 2.56 bits per heavy atom. The van der Waals surface area contributed by atoms with Crippen molar-refractivity contribution in [1.29, 1.82) is 0 Å². The van der Waals surface area contributed by atoms with Crippen molar-refractivity contribution >= 4 is 34.7 Å². The number of methoxy groups -OCH3 is 1. The molecule has 1 atom stereocenters. The van der Waals surface area contributed by atoms with Crippen molar-refractivity contribution in [2.45, 2.75) is 24.3 Å². The number of hydrogen-bond donors (Lipinski definition) is 2. The molecule has 182 valence electrons. The Bertz CT molecular complexity index is 1100. The van der Waals surface area contributed by atoms with Gasteiger partial charge in [-0.2, -0.15) is 0 Å². The van der Waals surface area contributed by atoms with Gasteiger partial charge in [0.1, 0.15) is 23.3 Å². The van der Waals surface area contributed by atoms with Gasteiger partial charge in [0.15, 0.2) is 16.7 Å². The average molecular weight is 503 g/mol. The fraction of sp³-hybridized carbons (Fsp3) is 0.435. The third-order valence-corrected chi connectivity index (χ3v) is 7.43. The number of nitrogen functional groups attached to an aromatic ring is 2. The van der Waals surface area contributed by atoms with E-state index in [-0.39, 0.29) is 5.25 Å². The first-order chi connectivity index (χ1) is 16.4. The highest BCUT2D eigenvalue weighted by Gasteiger charge is 2.19. The zero-order valence-corrected chi connectivity index (χ0v) is 21.2. The van der Waals surface area contributed by atoms with Crippen molar-refractivity contribution in [3.05, 3.63) is 34.8 Å². The van der Waals surface area contributed by atoms with Gasteiger partial charge in [0.2, 0.25) is 0 Å². The lowest BCUT2D eigenvalue weighted by atomic mass is 10.2. The van der Waals surface area contributed by atoms with Gasteiger partial charge in [-0.1, -0.05) is 11.8 Å². The molecule has 3 heterocycles. The SMILES string of the molecule is COc1ccc(-c2nc(C(C)Sc3nc(N)cc(N)n3)c(C)s2)cc1OCCN1CCOCC1. The van der Waals surface area contributed by atoms with E-state index in [9.17, 15) is 0 Å². The second-order valence-electron chi connectivity index (χ2n) is 7.89. The first-order valence-corrected chi connectivity index (χ1v) is 12.8. The molecule has 0 amide bonds. The van der Waals surface area contributed by atoms with Crippen molar-refractivity contribution in [1.82, 2.24) is 19.9 Å². The lowest BCUT2D eigenvalue weighted by Crippen LogP contribution is -2.38. The zero-order valence-electron chi connectivity index (χ0n) is 19.6. The van der Waals surface area contributed by atoms with Crippen LogP contribution < -0.4 is 20.9 Å². The summed E-state index contributed by atoms with van der Waals surface area (Å²) in [7, 11) is 1.65.